The number of hydrogen-bond acceptors (Lipinski definition) is 2. The molecule has 3 nitrogen and oxygen atoms in total. The summed E-state index contributed by atoms with van der Waals surface area (Å²) in [5.41, 5.74) is 7.63. The molecule has 1 aliphatic rings. The number of aliphatic imine (C=N–C) groups is 1. The minimum atomic E-state index is 1.05. The normalized spacial score (nSPS) is 12.5. The molecule has 0 amide bonds. The first kappa shape index (κ1) is 15.2. The van der Waals surface area contributed by atoms with Crippen molar-refractivity contribution in [2.75, 3.05) is 0 Å². The maximum Gasteiger partial charge on any atom is 0.0497 e. The van der Waals surface area contributed by atoms with Gasteiger partial charge in [0.15, 0.2) is 0 Å². The predicted octanol–water partition coefficient (Wildman–Crippen LogP) is 5.05. The maximum atomic E-state index is 4.34. The molecule has 0 atom stereocenters. The van der Waals surface area contributed by atoms with Crippen molar-refractivity contribution in [1.82, 2.24) is 9.97 Å². The van der Waals surface area contributed by atoms with Gasteiger partial charge >= 0.3 is 0 Å². The standard InChI is InChI=1S/C15H12N2.C5H9N/c1-9-2-3-12(8-16-9)14-7-11-5-4-10-6-13(10)15(11)17-14;1-3-5-6-4-2/h2-5,7-8,17H,6H2,1H3;3-5H,1-2H3/b;5-3-,6-4?. The highest BCUT2D eigenvalue weighted by Gasteiger charge is 2.21. The molecule has 0 bridgehead atoms. The van der Waals surface area contributed by atoms with Crippen LogP contribution >= 0.6 is 0 Å². The van der Waals surface area contributed by atoms with E-state index in [0.29, 0.717) is 0 Å². The smallest absolute Gasteiger partial charge is 0.0497 e. The molecule has 0 radical (unpaired) electrons. The van der Waals surface area contributed by atoms with Crippen molar-refractivity contribution in [2.24, 2.45) is 4.99 Å². The van der Waals surface area contributed by atoms with E-state index in [4.69, 9.17) is 0 Å². The number of hydrogen-bond donors (Lipinski definition) is 1. The van der Waals surface area contributed by atoms with Crippen molar-refractivity contribution >= 4 is 17.1 Å². The number of H-pyrrole nitrogens is 1. The summed E-state index contributed by atoms with van der Waals surface area (Å²) in [4.78, 5) is 11.6. The Morgan fingerprint density at radius 3 is 2.70 bits per heavy atom. The molecule has 0 aliphatic heterocycles. The number of rotatable bonds is 2. The van der Waals surface area contributed by atoms with E-state index in [1.165, 1.54) is 22.0 Å². The lowest BCUT2D eigenvalue weighted by molar-refractivity contribution is 1.20. The van der Waals surface area contributed by atoms with E-state index in [2.05, 4.69) is 39.2 Å². The molecule has 116 valence electrons. The minimum Gasteiger partial charge on any atom is -0.354 e. The highest BCUT2D eigenvalue weighted by Crippen LogP contribution is 2.36. The number of benzene rings is 1. The summed E-state index contributed by atoms with van der Waals surface area (Å²) >= 11 is 0. The first-order valence-corrected chi connectivity index (χ1v) is 7.88. The monoisotopic (exact) mass is 303 g/mol. The van der Waals surface area contributed by atoms with Crippen LogP contribution in [0.1, 0.15) is 30.7 Å². The molecule has 2 aromatic heterocycles. The summed E-state index contributed by atoms with van der Waals surface area (Å²) in [5, 5.41) is 1.30. The summed E-state index contributed by atoms with van der Waals surface area (Å²) in [5.74, 6) is 0. The van der Waals surface area contributed by atoms with Crippen LogP contribution < -0.4 is 0 Å². The second-order valence-corrected chi connectivity index (χ2v) is 5.61. The van der Waals surface area contributed by atoms with Gasteiger partial charge in [0.05, 0.1) is 0 Å². The van der Waals surface area contributed by atoms with Crippen molar-refractivity contribution in [1.29, 1.82) is 0 Å². The van der Waals surface area contributed by atoms with E-state index in [-0.39, 0.29) is 0 Å². The number of fused-ring (bicyclic) bond motifs is 3. The fraction of sp³-hybridized carbons (Fsp3) is 0.200. The van der Waals surface area contributed by atoms with Gasteiger partial charge in [-0.3, -0.25) is 9.98 Å². The molecule has 3 heteroatoms. The van der Waals surface area contributed by atoms with E-state index in [0.717, 1.165) is 23.4 Å². The zero-order valence-electron chi connectivity index (χ0n) is 13.8. The molecule has 1 N–H and O–H groups in total. The Hall–Kier alpha value is -2.68. The highest BCUT2D eigenvalue weighted by atomic mass is 14.7. The second-order valence-electron chi connectivity index (χ2n) is 5.61. The van der Waals surface area contributed by atoms with E-state index in [1.54, 1.807) is 12.4 Å². The third-order valence-corrected chi connectivity index (χ3v) is 3.85. The van der Waals surface area contributed by atoms with Crippen LogP contribution in [0, 0.1) is 6.92 Å². The van der Waals surface area contributed by atoms with Gasteiger partial charge in [-0.25, -0.2) is 0 Å². The zero-order chi connectivity index (χ0) is 16.2. The van der Waals surface area contributed by atoms with Crippen molar-refractivity contribution < 1.29 is 0 Å². The number of nitrogens with zero attached hydrogens (tertiary/aromatic N) is 2. The summed E-state index contributed by atoms with van der Waals surface area (Å²) in [7, 11) is 0. The molecule has 4 rings (SSSR count). The van der Waals surface area contributed by atoms with Gasteiger partial charge in [-0.05, 0) is 50.1 Å². The van der Waals surface area contributed by atoms with Gasteiger partial charge in [0.2, 0.25) is 0 Å². The maximum absolute atomic E-state index is 4.34. The SMILES string of the molecule is CC=N/C=C\C.Cc1ccc(-c2cc3ccc4c(c3[nH]2)C4)cn1. The van der Waals surface area contributed by atoms with Gasteiger partial charge in [0.25, 0.3) is 0 Å². The molecular weight excluding hydrogens is 282 g/mol. The number of aromatic amines is 1. The molecule has 1 aromatic carbocycles. The summed E-state index contributed by atoms with van der Waals surface area (Å²) in [6, 6.07) is 10.8. The van der Waals surface area contributed by atoms with E-state index >= 15 is 0 Å². The summed E-state index contributed by atoms with van der Waals surface area (Å²) in [6.45, 7) is 5.83. The third kappa shape index (κ3) is 3.39. The van der Waals surface area contributed by atoms with Crippen LogP contribution in [0.15, 0.2) is 53.8 Å². The Balaban J connectivity index is 0.000000227. The molecule has 0 saturated carbocycles. The van der Waals surface area contributed by atoms with Crippen LogP contribution in [-0.4, -0.2) is 16.2 Å². The van der Waals surface area contributed by atoms with Crippen LogP contribution in [-0.2, 0) is 6.42 Å². The lowest BCUT2D eigenvalue weighted by atomic mass is 10.2. The number of nitrogens with one attached hydrogen (secondary N) is 1. The fourth-order valence-corrected chi connectivity index (χ4v) is 2.55. The lowest BCUT2D eigenvalue weighted by Crippen LogP contribution is -1.82. The molecule has 0 spiro atoms. The third-order valence-electron chi connectivity index (χ3n) is 3.85. The molecule has 3 aromatic rings. The van der Waals surface area contributed by atoms with E-state index in [1.807, 2.05) is 39.1 Å². The van der Waals surface area contributed by atoms with Crippen molar-refractivity contribution in [2.45, 2.75) is 27.2 Å². The average Bonchev–Trinajstić information content (AvgIpc) is 3.24. The van der Waals surface area contributed by atoms with Crippen LogP contribution in [0.4, 0.5) is 0 Å². The fourth-order valence-electron chi connectivity index (χ4n) is 2.55. The first-order valence-electron chi connectivity index (χ1n) is 7.88. The lowest BCUT2D eigenvalue weighted by Gasteiger charge is -1.97. The highest BCUT2D eigenvalue weighted by molar-refractivity contribution is 5.92. The number of allylic oxidation sites excluding steroid dienone is 1. The average molecular weight is 303 g/mol. The van der Waals surface area contributed by atoms with Crippen LogP contribution in [0.2, 0.25) is 0 Å². The van der Waals surface area contributed by atoms with Crippen LogP contribution in [0.3, 0.4) is 0 Å². The Morgan fingerprint density at radius 2 is 2.04 bits per heavy atom. The first-order chi connectivity index (χ1) is 11.2. The molecule has 23 heavy (non-hydrogen) atoms. The van der Waals surface area contributed by atoms with Gasteiger partial charge in [-0.2, -0.15) is 0 Å². The Labute approximate surface area is 136 Å². The van der Waals surface area contributed by atoms with Gasteiger partial charge in [-0.15, -0.1) is 0 Å². The second kappa shape index (κ2) is 6.61. The minimum absolute atomic E-state index is 1.05. The number of aryl methyl sites for hydroxylation is 1. The predicted molar refractivity (Wildman–Crippen MR) is 98.1 cm³/mol. The van der Waals surface area contributed by atoms with Gasteiger partial charge in [-0.1, -0.05) is 18.2 Å². The Kier molecular flexibility index (Phi) is 4.38. The molecule has 0 fully saturated rings. The number of aromatic nitrogens is 2. The van der Waals surface area contributed by atoms with Gasteiger partial charge in [0, 0.05) is 52.9 Å². The molecule has 2 heterocycles. The molecular formula is C20H21N3. The van der Waals surface area contributed by atoms with Crippen molar-refractivity contribution in [3.8, 4) is 11.3 Å². The van der Waals surface area contributed by atoms with Gasteiger partial charge < -0.3 is 4.98 Å². The molecule has 0 unspecified atom stereocenters. The quantitative estimate of drug-likeness (QED) is 0.517. The van der Waals surface area contributed by atoms with Crippen LogP contribution in [0.25, 0.3) is 22.2 Å². The van der Waals surface area contributed by atoms with E-state index in [9.17, 15) is 0 Å². The largest absolute Gasteiger partial charge is 0.354 e. The topological polar surface area (TPSA) is 41.0 Å². The Bertz CT molecular complexity index is 858. The summed E-state index contributed by atoms with van der Waals surface area (Å²) < 4.78 is 0. The van der Waals surface area contributed by atoms with Gasteiger partial charge in [0.1, 0.15) is 0 Å². The summed E-state index contributed by atoms with van der Waals surface area (Å²) in [6.07, 6.45) is 8.47. The Morgan fingerprint density at radius 1 is 1.17 bits per heavy atom. The number of pyridine rings is 1. The van der Waals surface area contributed by atoms with Crippen LogP contribution in [0.5, 0.6) is 0 Å². The molecule has 0 saturated heterocycles. The van der Waals surface area contributed by atoms with Crippen molar-refractivity contribution in [3.05, 3.63) is 65.6 Å². The van der Waals surface area contributed by atoms with Crippen molar-refractivity contribution in [3.63, 3.8) is 0 Å². The zero-order valence-corrected chi connectivity index (χ0v) is 13.8. The van der Waals surface area contributed by atoms with E-state index < -0.39 is 0 Å². The molecule has 1 aliphatic carbocycles.